The Labute approximate surface area is 353 Å². The van der Waals surface area contributed by atoms with Crippen molar-refractivity contribution in [1.82, 2.24) is 20.0 Å². The summed E-state index contributed by atoms with van der Waals surface area (Å²) >= 11 is 0. The van der Waals surface area contributed by atoms with E-state index in [4.69, 9.17) is 0 Å². The highest BCUT2D eigenvalue weighted by atomic mass is 15.1. The Kier molecular flexibility index (Phi) is 27.1. The molecular formula is C53H86N4. The summed E-state index contributed by atoms with van der Waals surface area (Å²) < 4.78 is 0. The van der Waals surface area contributed by atoms with Gasteiger partial charge in [0.25, 0.3) is 0 Å². The van der Waals surface area contributed by atoms with Gasteiger partial charge in [0.2, 0.25) is 0 Å². The van der Waals surface area contributed by atoms with E-state index >= 15 is 0 Å². The second kappa shape index (κ2) is 29.9. The van der Waals surface area contributed by atoms with Crippen LogP contribution >= 0.6 is 0 Å². The summed E-state index contributed by atoms with van der Waals surface area (Å²) in [5.74, 6) is 0. The monoisotopic (exact) mass is 779 g/mol. The third kappa shape index (κ3) is 17.6. The molecule has 4 aliphatic heterocycles. The molecule has 0 unspecified atom stereocenters. The average Bonchev–Trinajstić information content (AvgIpc) is 3.26. The lowest BCUT2D eigenvalue weighted by atomic mass is 9.95. The standard InChI is InChI=1S/2C12H17N.C11H15N.C10H13N.4C2H6/c1-3-13-7-6-11-5-4-10(2)8-12(11)9-13;1-3-13-8-7-12-10(2)5-4-6-11(12)9-13;1-9-3-4-10-5-6-12(2)8-11(10)7-9;1-8-2-3-9-4-5-11-7-10(9)6-8;4*1-2/h4-5,8H,3,6-7,9H2,1-2H3;4-6H,3,7-9H2,1-2H3;3-4,7H,5-6,8H2,1-2H3;2-3,6,11H,4-5,7H2,1H3;4*1-2H3. The number of likely N-dealkylation sites (N-methyl/N-ethyl adjacent to an activating group) is 3. The highest BCUT2D eigenvalue weighted by Crippen LogP contribution is 2.22. The predicted octanol–water partition coefficient (Wildman–Crippen LogP) is 12.5. The lowest BCUT2D eigenvalue weighted by Gasteiger charge is -2.28. The van der Waals surface area contributed by atoms with E-state index in [0.717, 1.165) is 32.7 Å². The normalized spacial score (nSPS) is 15.0. The van der Waals surface area contributed by atoms with E-state index in [0.29, 0.717) is 0 Å². The van der Waals surface area contributed by atoms with Crippen LogP contribution in [-0.2, 0) is 51.9 Å². The smallest absolute Gasteiger partial charge is 0.0236 e. The molecular weight excluding hydrogens is 693 g/mol. The van der Waals surface area contributed by atoms with Crippen LogP contribution < -0.4 is 5.32 Å². The van der Waals surface area contributed by atoms with E-state index in [1.54, 1.807) is 16.7 Å². The fourth-order valence-corrected chi connectivity index (χ4v) is 7.58. The lowest BCUT2D eigenvalue weighted by Crippen LogP contribution is -2.30. The van der Waals surface area contributed by atoms with Gasteiger partial charge in [-0.1, -0.05) is 159 Å². The SMILES string of the molecule is CC.CC.CC.CC.CCN1CCc2c(C)cccc2C1.CCN1CCc2ccc(C)cc2C1.Cc1ccc2c(c1)CN(C)CC2.Cc1ccc2c(c1)CNCC2. The minimum Gasteiger partial charge on any atom is -0.312 e. The summed E-state index contributed by atoms with van der Waals surface area (Å²) in [4.78, 5) is 7.38. The van der Waals surface area contributed by atoms with Gasteiger partial charge in [-0.3, -0.25) is 9.80 Å². The molecule has 0 amide bonds. The Hall–Kier alpha value is -3.28. The molecule has 318 valence electrons. The third-order valence-corrected chi connectivity index (χ3v) is 10.7. The fourth-order valence-electron chi connectivity index (χ4n) is 7.58. The highest BCUT2D eigenvalue weighted by molar-refractivity contribution is 5.37. The molecule has 4 aliphatic rings. The highest BCUT2D eigenvalue weighted by Gasteiger charge is 2.16. The maximum absolute atomic E-state index is 3.37. The molecule has 0 saturated carbocycles. The molecule has 0 bridgehead atoms. The van der Waals surface area contributed by atoms with Gasteiger partial charge < -0.3 is 10.2 Å². The van der Waals surface area contributed by atoms with Crippen molar-refractivity contribution < 1.29 is 0 Å². The van der Waals surface area contributed by atoms with E-state index in [9.17, 15) is 0 Å². The van der Waals surface area contributed by atoms with Gasteiger partial charge >= 0.3 is 0 Å². The van der Waals surface area contributed by atoms with Crippen molar-refractivity contribution in [1.29, 1.82) is 0 Å². The van der Waals surface area contributed by atoms with Gasteiger partial charge in [0, 0.05) is 45.8 Å². The summed E-state index contributed by atoms with van der Waals surface area (Å²) in [5.41, 5.74) is 17.9. The Morgan fingerprint density at radius 2 is 0.930 bits per heavy atom. The summed E-state index contributed by atoms with van der Waals surface area (Å²) in [6.45, 7) is 40.8. The summed E-state index contributed by atoms with van der Waals surface area (Å²) in [6.07, 6.45) is 4.86. The van der Waals surface area contributed by atoms with Crippen molar-refractivity contribution in [3.63, 3.8) is 0 Å². The largest absolute Gasteiger partial charge is 0.312 e. The van der Waals surface area contributed by atoms with Gasteiger partial charge in [0.05, 0.1) is 0 Å². The quantitative estimate of drug-likeness (QED) is 0.219. The van der Waals surface area contributed by atoms with Crippen LogP contribution in [0.15, 0.2) is 72.8 Å². The van der Waals surface area contributed by atoms with Crippen LogP contribution in [0.5, 0.6) is 0 Å². The molecule has 0 atom stereocenters. The van der Waals surface area contributed by atoms with Crippen LogP contribution in [0, 0.1) is 27.7 Å². The maximum Gasteiger partial charge on any atom is 0.0236 e. The van der Waals surface area contributed by atoms with Crippen LogP contribution in [0.25, 0.3) is 0 Å². The molecule has 0 aromatic heterocycles. The summed E-state index contributed by atoms with van der Waals surface area (Å²) in [7, 11) is 2.19. The van der Waals surface area contributed by atoms with Crippen LogP contribution in [0.3, 0.4) is 0 Å². The average molecular weight is 779 g/mol. The van der Waals surface area contributed by atoms with Crippen LogP contribution in [0.1, 0.15) is 136 Å². The molecule has 0 spiro atoms. The molecule has 4 aromatic carbocycles. The molecule has 4 heteroatoms. The molecule has 57 heavy (non-hydrogen) atoms. The van der Waals surface area contributed by atoms with Crippen molar-refractivity contribution in [2.75, 3.05) is 46.3 Å². The van der Waals surface area contributed by atoms with E-state index in [2.05, 4.69) is 141 Å². The number of benzene rings is 4. The van der Waals surface area contributed by atoms with E-state index in [1.807, 2.05) is 55.4 Å². The van der Waals surface area contributed by atoms with Crippen LogP contribution in [-0.4, -0.2) is 61.0 Å². The number of nitrogens with zero attached hydrogens (tertiary/aromatic N) is 3. The Morgan fingerprint density at radius 1 is 0.474 bits per heavy atom. The Balaban J connectivity index is 0.000000359. The molecule has 0 aliphatic carbocycles. The molecule has 1 N–H and O–H groups in total. The van der Waals surface area contributed by atoms with Gasteiger partial charge in [0.15, 0.2) is 0 Å². The maximum atomic E-state index is 3.37. The van der Waals surface area contributed by atoms with Crippen LogP contribution in [0.2, 0.25) is 0 Å². The topological polar surface area (TPSA) is 21.8 Å². The molecule has 4 nitrogen and oxygen atoms in total. The van der Waals surface area contributed by atoms with E-state index < -0.39 is 0 Å². The predicted molar refractivity (Wildman–Crippen MR) is 255 cm³/mol. The van der Waals surface area contributed by atoms with Gasteiger partial charge in [-0.25, -0.2) is 0 Å². The number of rotatable bonds is 2. The Bertz CT molecular complexity index is 1650. The zero-order valence-electron chi connectivity index (χ0n) is 39.7. The first-order valence-electron chi connectivity index (χ1n) is 22.9. The van der Waals surface area contributed by atoms with E-state index in [-0.39, 0.29) is 0 Å². The fraction of sp³-hybridized carbons (Fsp3) is 0.547. The van der Waals surface area contributed by atoms with Crippen molar-refractivity contribution in [2.45, 2.75) is 149 Å². The van der Waals surface area contributed by atoms with Gasteiger partial charge in [-0.05, 0) is 130 Å². The molecule has 0 saturated heterocycles. The third-order valence-electron chi connectivity index (χ3n) is 10.7. The number of hydrogen-bond acceptors (Lipinski definition) is 4. The van der Waals surface area contributed by atoms with Gasteiger partial charge in [0.1, 0.15) is 0 Å². The van der Waals surface area contributed by atoms with Gasteiger partial charge in [-0.15, -0.1) is 0 Å². The minimum atomic E-state index is 1.05. The first-order chi connectivity index (χ1) is 27.7. The van der Waals surface area contributed by atoms with Crippen molar-refractivity contribution in [3.05, 3.63) is 140 Å². The van der Waals surface area contributed by atoms with Crippen molar-refractivity contribution in [3.8, 4) is 0 Å². The Morgan fingerprint density at radius 3 is 1.47 bits per heavy atom. The molecule has 4 heterocycles. The first-order valence-corrected chi connectivity index (χ1v) is 22.9. The van der Waals surface area contributed by atoms with Crippen molar-refractivity contribution in [2.24, 2.45) is 0 Å². The second-order valence-electron chi connectivity index (χ2n) is 14.7. The van der Waals surface area contributed by atoms with Gasteiger partial charge in [-0.2, -0.15) is 0 Å². The molecule has 4 aromatic rings. The van der Waals surface area contributed by atoms with Crippen LogP contribution in [0.4, 0.5) is 0 Å². The minimum absolute atomic E-state index is 1.05. The lowest BCUT2D eigenvalue weighted by molar-refractivity contribution is 0.268. The van der Waals surface area contributed by atoms with E-state index in [1.165, 1.54) is 108 Å². The molecule has 8 rings (SSSR count). The summed E-state index contributed by atoms with van der Waals surface area (Å²) in [5, 5.41) is 3.37. The second-order valence-corrected chi connectivity index (χ2v) is 14.7. The number of hydrogen-bond donors (Lipinski definition) is 1. The molecule has 0 radical (unpaired) electrons. The number of nitrogens with one attached hydrogen (secondary N) is 1. The number of fused-ring (bicyclic) bond motifs is 4. The zero-order valence-corrected chi connectivity index (χ0v) is 39.7. The zero-order chi connectivity index (χ0) is 42.8. The molecule has 0 fully saturated rings. The van der Waals surface area contributed by atoms with Crippen molar-refractivity contribution >= 4 is 0 Å². The summed E-state index contributed by atoms with van der Waals surface area (Å²) in [6, 6.07) is 27.0. The number of aryl methyl sites for hydroxylation is 4. The first kappa shape index (κ1) is 51.7.